The normalized spacial score (nSPS) is 23.5. The summed E-state index contributed by atoms with van der Waals surface area (Å²) in [5.74, 6) is 0.839. The SMILES string of the molecule is CC1(CNC(c2ccc(Cl)cc2)C2CC2)CCCC1. The molecule has 104 valence electrons. The standard InChI is InChI=1S/C17H24ClN/c1-17(10-2-3-11-17)12-19-16(13-4-5-13)14-6-8-15(18)9-7-14/h6-9,13,16,19H,2-5,10-12H2,1H3. The van der Waals surface area contributed by atoms with Crippen LogP contribution in [0.1, 0.15) is 57.1 Å². The maximum absolute atomic E-state index is 5.99. The van der Waals surface area contributed by atoms with E-state index in [2.05, 4.69) is 24.4 Å². The molecule has 0 bridgehead atoms. The molecule has 0 radical (unpaired) electrons. The van der Waals surface area contributed by atoms with Crippen molar-refractivity contribution in [2.75, 3.05) is 6.54 Å². The first-order valence-electron chi connectivity index (χ1n) is 7.65. The Hall–Kier alpha value is -0.530. The van der Waals surface area contributed by atoms with Gasteiger partial charge in [0, 0.05) is 17.6 Å². The van der Waals surface area contributed by atoms with Gasteiger partial charge in [-0.2, -0.15) is 0 Å². The maximum Gasteiger partial charge on any atom is 0.0406 e. The Morgan fingerprint density at radius 2 is 1.84 bits per heavy atom. The van der Waals surface area contributed by atoms with Gasteiger partial charge in [0.25, 0.3) is 0 Å². The number of hydrogen-bond acceptors (Lipinski definition) is 1. The van der Waals surface area contributed by atoms with Crippen LogP contribution in [0.2, 0.25) is 5.02 Å². The van der Waals surface area contributed by atoms with E-state index < -0.39 is 0 Å². The molecule has 2 aliphatic rings. The van der Waals surface area contributed by atoms with E-state index in [-0.39, 0.29) is 0 Å². The largest absolute Gasteiger partial charge is 0.309 e. The van der Waals surface area contributed by atoms with Crippen molar-refractivity contribution >= 4 is 11.6 Å². The fourth-order valence-electron chi connectivity index (χ4n) is 3.42. The second-order valence-electron chi connectivity index (χ2n) is 6.77. The first-order chi connectivity index (χ1) is 9.16. The molecule has 0 aliphatic heterocycles. The van der Waals surface area contributed by atoms with Crippen molar-refractivity contribution in [3.05, 3.63) is 34.9 Å². The summed E-state index contributed by atoms with van der Waals surface area (Å²) in [4.78, 5) is 0. The fraction of sp³-hybridized carbons (Fsp3) is 0.647. The van der Waals surface area contributed by atoms with E-state index in [0.29, 0.717) is 11.5 Å². The van der Waals surface area contributed by atoms with Crippen molar-refractivity contribution in [3.63, 3.8) is 0 Å². The van der Waals surface area contributed by atoms with E-state index in [9.17, 15) is 0 Å². The lowest BCUT2D eigenvalue weighted by Crippen LogP contribution is -2.33. The highest BCUT2D eigenvalue weighted by atomic mass is 35.5. The molecule has 2 heteroatoms. The number of hydrogen-bond donors (Lipinski definition) is 1. The summed E-state index contributed by atoms with van der Waals surface area (Å²) in [6.07, 6.45) is 8.34. The van der Waals surface area contributed by atoms with Gasteiger partial charge in [-0.15, -0.1) is 0 Å². The summed E-state index contributed by atoms with van der Waals surface area (Å²) in [5, 5.41) is 4.69. The zero-order valence-electron chi connectivity index (χ0n) is 11.8. The predicted molar refractivity (Wildman–Crippen MR) is 81.5 cm³/mol. The van der Waals surface area contributed by atoms with Gasteiger partial charge in [0.1, 0.15) is 0 Å². The third kappa shape index (κ3) is 3.32. The first-order valence-corrected chi connectivity index (χ1v) is 8.03. The predicted octanol–water partition coefficient (Wildman–Crippen LogP) is 4.96. The van der Waals surface area contributed by atoms with Crippen molar-refractivity contribution in [3.8, 4) is 0 Å². The topological polar surface area (TPSA) is 12.0 Å². The Morgan fingerprint density at radius 1 is 1.21 bits per heavy atom. The quantitative estimate of drug-likeness (QED) is 0.802. The molecule has 0 spiro atoms. The van der Waals surface area contributed by atoms with Gasteiger partial charge in [-0.3, -0.25) is 0 Å². The van der Waals surface area contributed by atoms with Gasteiger partial charge in [0.15, 0.2) is 0 Å². The van der Waals surface area contributed by atoms with Crippen LogP contribution in [-0.2, 0) is 0 Å². The van der Waals surface area contributed by atoms with Crippen molar-refractivity contribution in [1.82, 2.24) is 5.32 Å². The van der Waals surface area contributed by atoms with Gasteiger partial charge in [-0.1, -0.05) is 43.5 Å². The molecule has 0 heterocycles. The van der Waals surface area contributed by atoms with Crippen LogP contribution in [0, 0.1) is 11.3 Å². The van der Waals surface area contributed by atoms with Crippen LogP contribution in [0.3, 0.4) is 0 Å². The van der Waals surface area contributed by atoms with E-state index in [1.54, 1.807) is 0 Å². The molecule has 1 atom stereocenters. The monoisotopic (exact) mass is 277 g/mol. The minimum absolute atomic E-state index is 0.527. The Bertz CT molecular complexity index is 415. The van der Waals surface area contributed by atoms with Crippen LogP contribution in [0.15, 0.2) is 24.3 Å². The highest BCUT2D eigenvalue weighted by molar-refractivity contribution is 6.30. The van der Waals surface area contributed by atoms with Crippen LogP contribution in [-0.4, -0.2) is 6.54 Å². The van der Waals surface area contributed by atoms with Crippen molar-refractivity contribution in [1.29, 1.82) is 0 Å². The minimum atomic E-state index is 0.527. The van der Waals surface area contributed by atoms with Crippen LogP contribution < -0.4 is 5.32 Å². The number of benzene rings is 1. The van der Waals surface area contributed by atoms with E-state index in [1.807, 2.05) is 12.1 Å². The molecule has 1 aromatic rings. The molecule has 2 saturated carbocycles. The van der Waals surface area contributed by atoms with Crippen LogP contribution in [0.5, 0.6) is 0 Å². The second kappa shape index (κ2) is 5.46. The van der Waals surface area contributed by atoms with Crippen LogP contribution in [0.4, 0.5) is 0 Å². The second-order valence-corrected chi connectivity index (χ2v) is 7.20. The molecule has 2 aliphatic carbocycles. The third-order valence-corrected chi connectivity index (χ3v) is 5.13. The molecule has 0 saturated heterocycles. The van der Waals surface area contributed by atoms with Crippen molar-refractivity contribution in [2.45, 2.75) is 51.5 Å². The van der Waals surface area contributed by atoms with Gasteiger partial charge in [0.2, 0.25) is 0 Å². The lowest BCUT2D eigenvalue weighted by molar-refractivity contribution is 0.289. The zero-order chi connectivity index (χ0) is 13.3. The molecule has 1 N–H and O–H groups in total. The minimum Gasteiger partial charge on any atom is -0.309 e. The zero-order valence-corrected chi connectivity index (χ0v) is 12.5. The Balaban J connectivity index is 1.66. The van der Waals surface area contributed by atoms with Crippen LogP contribution in [0.25, 0.3) is 0 Å². The highest BCUT2D eigenvalue weighted by Crippen LogP contribution is 2.43. The molecular weight excluding hydrogens is 254 g/mol. The summed E-state index contributed by atoms with van der Waals surface area (Å²) < 4.78 is 0. The summed E-state index contributed by atoms with van der Waals surface area (Å²) >= 11 is 5.99. The Morgan fingerprint density at radius 3 is 2.42 bits per heavy atom. The van der Waals surface area contributed by atoms with E-state index in [4.69, 9.17) is 11.6 Å². The molecule has 1 unspecified atom stereocenters. The van der Waals surface area contributed by atoms with E-state index >= 15 is 0 Å². The lowest BCUT2D eigenvalue weighted by atomic mass is 9.88. The molecule has 19 heavy (non-hydrogen) atoms. The molecule has 1 aromatic carbocycles. The average molecular weight is 278 g/mol. The number of rotatable bonds is 5. The number of halogens is 1. The van der Waals surface area contributed by atoms with Gasteiger partial charge < -0.3 is 5.32 Å². The Labute approximate surface area is 121 Å². The van der Waals surface area contributed by atoms with Crippen molar-refractivity contribution in [2.24, 2.45) is 11.3 Å². The highest BCUT2D eigenvalue weighted by Gasteiger charge is 2.35. The van der Waals surface area contributed by atoms with Crippen molar-refractivity contribution < 1.29 is 0 Å². The average Bonchev–Trinajstić information content (AvgIpc) is 3.14. The first kappa shape index (κ1) is 13.5. The smallest absolute Gasteiger partial charge is 0.0406 e. The molecule has 3 rings (SSSR count). The number of nitrogens with one attached hydrogen (secondary N) is 1. The summed E-state index contributed by atoms with van der Waals surface area (Å²) in [6.45, 7) is 3.61. The maximum atomic E-state index is 5.99. The molecule has 0 amide bonds. The Kier molecular flexibility index (Phi) is 3.86. The van der Waals surface area contributed by atoms with E-state index in [0.717, 1.165) is 17.5 Å². The van der Waals surface area contributed by atoms with Gasteiger partial charge >= 0.3 is 0 Å². The van der Waals surface area contributed by atoms with Gasteiger partial charge in [-0.25, -0.2) is 0 Å². The van der Waals surface area contributed by atoms with E-state index in [1.165, 1.54) is 44.1 Å². The lowest BCUT2D eigenvalue weighted by Gasteiger charge is -2.28. The summed E-state index contributed by atoms with van der Waals surface area (Å²) in [5.41, 5.74) is 1.94. The molecule has 1 nitrogen and oxygen atoms in total. The van der Waals surface area contributed by atoms with Crippen LogP contribution >= 0.6 is 11.6 Å². The summed E-state index contributed by atoms with van der Waals surface area (Å²) in [6, 6.07) is 8.95. The fourth-order valence-corrected chi connectivity index (χ4v) is 3.54. The summed E-state index contributed by atoms with van der Waals surface area (Å²) in [7, 11) is 0. The molecule has 0 aromatic heterocycles. The van der Waals surface area contributed by atoms with Gasteiger partial charge in [-0.05, 0) is 54.7 Å². The third-order valence-electron chi connectivity index (χ3n) is 4.88. The molecular formula is C17H24ClN. The molecule has 2 fully saturated rings. The van der Waals surface area contributed by atoms with Gasteiger partial charge in [0.05, 0.1) is 0 Å².